The molecule has 0 fully saturated rings. The summed E-state index contributed by atoms with van der Waals surface area (Å²) in [5.74, 6) is 0.672. The van der Waals surface area contributed by atoms with Crippen molar-refractivity contribution in [1.82, 2.24) is 14.8 Å². The lowest BCUT2D eigenvalue weighted by Crippen LogP contribution is -2.17. The van der Waals surface area contributed by atoms with Gasteiger partial charge in [0.05, 0.1) is 5.69 Å². The summed E-state index contributed by atoms with van der Waals surface area (Å²) >= 11 is 0. The third-order valence-electron chi connectivity index (χ3n) is 3.08. The zero-order chi connectivity index (χ0) is 14.7. The predicted molar refractivity (Wildman–Crippen MR) is 79.8 cm³/mol. The number of rotatable bonds is 5. The first-order valence-corrected chi connectivity index (χ1v) is 6.83. The maximum absolute atomic E-state index is 12.3. The van der Waals surface area contributed by atoms with Crippen LogP contribution in [-0.4, -0.2) is 20.7 Å². The summed E-state index contributed by atoms with van der Waals surface area (Å²) in [6.07, 6.45) is 2.72. The Bertz CT molecular complexity index is 596. The summed E-state index contributed by atoms with van der Waals surface area (Å²) in [7, 11) is 0. The van der Waals surface area contributed by atoms with Gasteiger partial charge in [-0.1, -0.05) is 20.8 Å². The van der Waals surface area contributed by atoms with Crippen molar-refractivity contribution in [3.63, 3.8) is 0 Å². The average molecular weight is 275 g/mol. The molecule has 0 radical (unpaired) electrons. The Balaban J connectivity index is 2.14. The number of hydrogen-bond acceptors (Lipinski definition) is 3. The van der Waals surface area contributed by atoms with E-state index < -0.39 is 0 Å². The summed E-state index contributed by atoms with van der Waals surface area (Å²) in [5.41, 5.74) is 7.90. The Morgan fingerprint density at radius 3 is 2.85 bits per heavy atom. The molecule has 20 heavy (non-hydrogen) atoms. The minimum Gasteiger partial charge on any atom is -0.397 e. The summed E-state index contributed by atoms with van der Waals surface area (Å²) in [6.45, 7) is 6.94. The van der Waals surface area contributed by atoms with E-state index in [0.29, 0.717) is 23.1 Å². The van der Waals surface area contributed by atoms with E-state index in [4.69, 9.17) is 5.73 Å². The van der Waals surface area contributed by atoms with Crippen LogP contribution >= 0.6 is 0 Å². The first kappa shape index (κ1) is 14.2. The highest BCUT2D eigenvalue weighted by Crippen LogP contribution is 2.17. The molecule has 0 aliphatic carbocycles. The van der Waals surface area contributed by atoms with Crippen LogP contribution in [0.25, 0.3) is 0 Å². The lowest BCUT2D eigenvalue weighted by molar-refractivity contribution is 0.101. The van der Waals surface area contributed by atoms with Gasteiger partial charge in [-0.05, 0) is 18.4 Å². The molecule has 108 valence electrons. The van der Waals surface area contributed by atoms with Crippen molar-refractivity contribution in [1.29, 1.82) is 0 Å². The molecule has 0 saturated carbocycles. The van der Waals surface area contributed by atoms with E-state index in [2.05, 4.69) is 36.3 Å². The molecule has 0 unspecified atom stereocenters. The highest BCUT2D eigenvalue weighted by atomic mass is 16.2. The topological polar surface area (TPSA) is 88.7 Å². The number of anilines is 2. The number of carbonyl (C=O) groups is 1. The van der Waals surface area contributed by atoms with Crippen LogP contribution in [0.4, 0.5) is 11.5 Å². The highest BCUT2D eigenvalue weighted by Gasteiger charge is 2.14. The molecule has 2 aromatic heterocycles. The van der Waals surface area contributed by atoms with Gasteiger partial charge in [0.25, 0.3) is 5.91 Å². The molecule has 2 rings (SSSR count). The molecule has 0 bridgehead atoms. The second-order valence-corrected chi connectivity index (χ2v) is 5.17. The molecule has 6 nitrogen and oxygen atoms in total. The largest absolute Gasteiger partial charge is 0.397 e. The fraction of sp³-hybridized carbons (Fsp3) is 0.429. The normalized spacial score (nSPS) is 11.0. The van der Waals surface area contributed by atoms with Crippen LogP contribution in [0.1, 0.15) is 49.3 Å². The fourth-order valence-corrected chi connectivity index (χ4v) is 2.03. The standard InChI is InChI=1S/C14H21N5O/c1-4-5-19-8-10(15)6-12(19)14(20)16-13-7-11(9(2)3)17-18-13/h6-9H,4-5,15H2,1-3H3,(H2,16,17,18,20). The Labute approximate surface area is 118 Å². The van der Waals surface area contributed by atoms with Gasteiger partial charge in [0.15, 0.2) is 5.82 Å². The van der Waals surface area contributed by atoms with Crippen molar-refractivity contribution in [3.05, 3.63) is 29.7 Å². The molecule has 0 spiro atoms. The molecule has 2 aromatic rings. The lowest BCUT2D eigenvalue weighted by Gasteiger charge is -2.06. The van der Waals surface area contributed by atoms with Gasteiger partial charge in [-0.15, -0.1) is 0 Å². The van der Waals surface area contributed by atoms with Crippen molar-refractivity contribution in [2.45, 2.75) is 39.7 Å². The summed E-state index contributed by atoms with van der Waals surface area (Å²) in [5, 5.41) is 9.79. The van der Waals surface area contributed by atoms with Crippen LogP contribution in [0.15, 0.2) is 18.3 Å². The number of carbonyl (C=O) groups excluding carboxylic acids is 1. The molecule has 0 aliphatic heterocycles. The number of H-pyrrole nitrogens is 1. The second-order valence-electron chi connectivity index (χ2n) is 5.17. The van der Waals surface area contributed by atoms with Crippen LogP contribution in [0, 0.1) is 0 Å². The summed E-state index contributed by atoms with van der Waals surface area (Å²) < 4.78 is 1.86. The van der Waals surface area contributed by atoms with E-state index in [-0.39, 0.29) is 5.91 Å². The number of aromatic nitrogens is 3. The van der Waals surface area contributed by atoms with Crippen LogP contribution in [0.3, 0.4) is 0 Å². The minimum atomic E-state index is -0.197. The second kappa shape index (κ2) is 5.81. The van der Waals surface area contributed by atoms with Crippen LogP contribution in [0.5, 0.6) is 0 Å². The van der Waals surface area contributed by atoms with E-state index in [1.165, 1.54) is 0 Å². The summed E-state index contributed by atoms with van der Waals surface area (Å²) in [4.78, 5) is 12.3. The number of nitrogens with one attached hydrogen (secondary N) is 2. The van der Waals surface area contributed by atoms with E-state index in [1.54, 1.807) is 12.3 Å². The van der Waals surface area contributed by atoms with Crippen LogP contribution in [-0.2, 0) is 6.54 Å². The van der Waals surface area contributed by atoms with E-state index in [9.17, 15) is 4.79 Å². The van der Waals surface area contributed by atoms with Gasteiger partial charge >= 0.3 is 0 Å². The monoisotopic (exact) mass is 275 g/mol. The number of hydrogen-bond donors (Lipinski definition) is 3. The number of nitrogens with two attached hydrogens (primary N) is 1. The number of aromatic amines is 1. The first-order chi connectivity index (χ1) is 9.51. The maximum Gasteiger partial charge on any atom is 0.273 e. The molecule has 0 atom stereocenters. The predicted octanol–water partition coefficient (Wildman–Crippen LogP) is 2.58. The minimum absolute atomic E-state index is 0.197. The smallest absolute Gasteiger partial charge is 0.273 e. The van der Waals surface area contributed by atoms with E-state index in [1.807, 2.05) is 10.6 Å². The van der Waals surface area contributed by atoms with Gasteiger partial charge in [0.2, 0.25) is 0 Å². The first-order valence-electron chi connectivity index (χ1n) is 6.83. The van der Waals surface area contributed by atoms with E-state index in [0.717, 1.165) is 18.7 Å². The molecule has 4 N–H and O–H groups in total. The molecule has 0 aliphatic rings. The maximum atomic E-state index is 12.3. The van der Waals surface area contributed by atoms with Gasteiger partial charge < -0.3 is 15.6 Å². The Kier molecular flexibility index (Phi) is 4.12. The highest BCUT2D eigenvalue weighted by molar-refractivity contribution is 6.03. The van der Waals surface area contributed by atoms with E-state index >= 15 is 0 Å². The Hall–Kier alpha value is -2.24. The van der Waals surface area contributed by atoms with Gasteiger partial charge in [-0.3, -0.25) is 9.89 Å². The molecular formula is C14H21N5O. The molecule has 6 heteroatoms. The molecule has 0 saturated heterocycles. The van der Waals surface area contributed by atoms with Crippen LogP contribution in [0.2, 0.25) is 0 Å². The van der Waals surface area contributed by atoms with Crippen molar-refractivity contribution in [3.8, 4) is 0 Å². The third-order valence-corrected chi connectivity index (χ3v) is 3.08. The Morgan fingerprint density at radius 2 is 2.25 bits per heavy atom. The van der Waals surface area contributed by atoms with Gasteiger partial charge in [0, 0.05) is 24.5 Å². The van der Waals surface area contributed by atoms with Gasteiger partial charge in [-0.25, -0.2) is 0 Å². The number of nitrogen functional groups attached to an aromatic ring is 1. The molecule has 1 amide bonds. The summed E-state index contributed by atoms with van der Waals surface area (Å²) in [6, 6.07) is 3.53. The fourth-order valence-electron chi connectivity index (χ4n) is 2.03. The average Bonchev–Trinajstić information content (AvgIpc) is 2.97. The lowest BCUT2D eigenvalue weighted by atomic mass is 10.1. The van der Waals surface area contributed by atoms with Crippen molar-refractivity contribution in [2.24, 2.45) is 0 Å². The molecule has 2 heterocycles. The zero-order valence-electron chi connectivity index (χ0n) is 12.1. The SMILES string of the molecule is CCCn1cc(N)cc1C(=O)Nc1cc(C(C)C)[nH]n1. The van der Waals surface area contributed by atoms with Crippen LogP contribution < -0.4 is 11.1 Å². The number of nitrogens with zero attached hydrogens (tertiary/aromatic N) is 2. The third kappa shape index (κ3) is 3.01. The van der Waals surface area contributed by atoms with Crippen molar-refractivity contribution < 1.29 is 4.79 Å². The Morgan fingerprint density at radius 1 is 1.50 bits per heavy atom. The quantitative estimate of drug-likeness (QED) is 0.783. The van der Waals surface area contributed by atoms with Crippen molar-refractivity contribution >= 4 is 17.4 Å². The number of amides is 1. The van der Waals surface area contributed by atoms with Gasteiger partial charge in [0.1, 0.15) is 5.69 Å². The zero-order valence-corrected chi connectivity index (χ0v) is 12.1. The molecule has 0 aromatic carbocycles. The van der Waals surface area contributed by atoms with Gasteiger partial charge in [-0.2, -0.15) is 5.10 Å². The number of aryl methyl sites for hydroxylation is 1. The molecular weight excluding hydrogens is 254 g/mol. The van der Waals surface area contributed by atoms with Crippen molar-refractivity contribution in [2.75, 3.05) is 11.1 Å².